The fourth-order valence-electron chi connectivity index (χ4n) is 6.45. The Morgan fingerprint density at radius 3 is 2.23 bits per heavy atom. The lowest BCUT2D eigenvalue weighted by Crippen LogP contribution is -3.12. The van der Waals surface area contributed by atoms with Crippen LogP contribution >= 0.6 is 18.9 Å². The SMILES string of the molecule is COc1ccc(COOC=NCCC[NH+](CCCCNC(=O)OCc2ccc(OC)cc2)CCCOc2ccc3sc(S(=O)(=O)NCP(=O)([O-])Oc4ccc(C#N)c(F)c4)c(C)c3c2)cc1. The van der Waals surface area contributed by atoms with Crippen molar-refractivity contribution in [2.75, 3.05) is 59.8 Å². The number of nitrogens with zero attached hydrogens (tertiary/aromatic N) is 2. The molecular weight excluding hydrogens is 917 g/mol. The smallest absolute Gasteiger partial charge is 0.407 e. The van der Waals surface area contributed by atoms with Gasteiger partial charge in [0.1, 0.15) is 52.3 Å². The number of hydrogen-bond donors (Lipinski definition) is 3. The zero-order valence-corrected chi connectivity index (χ0v) is 39.3. The maximum absolute atomic E-state index is 14.0. The van der Waals surface area contributed by atoms with E-state index in [-0.39, 0.29) is 23.0 Å². The van der Waals surface area contributed by atoms with Gasteiger partial charge in [-0.15, -0.1) is 11.3 Å². The van der Waals surface area contributed by atoms with Crippen LogP contribution in [0.4, 0.5) is 9.18 Å². The first-order valence-corrected chi connectivity index (χ1v) is 24.9. The molecule has 21 heteroatoms. The molecule has 5 aromatic rings. The number of alkyl carbamates (subject to hydrolysis) is 1. The highest BCUT2D eigenvalue weighted by atomic mass is 32.2. The van der Waals surface area contributed by atoms with Gasteiger partial charge in [-0.25, -0.2) is 22.3 Å². The number of thiophene rings is 1. The fraction of sp³-hybridized carbons (Fsp3) is 0.356. The molecule has 0 saturated carbocycles. The van der Waals surface area contributed by atoms with E-state index in [0.29, 0.717) is 47.5 Å². The molecule has 354 valence electrons. The maximum atomic E-state index is 14.0. The second kappa shape index (κ2) is 25.8. The predicted octanol–water partition coefficient (Wildman–Crippen LogP) is 6.03. The number of ether oxygens (including phenoxy) is 4. The van der Waals surface area contributed by atoms with Gasteiger partial charge in [-0.3, -0.25) is 9.56 Å². The summed E-state index contributed by atoms with van der Waals surface area (Å²) in [6.45, 7) is 5.90. The summed E-state index contributed by atoms with van der Waals surface area (Å²) in [5.74, 6) is 0.652. The van der Waals surface area contributed by atoms with Crippen molar-refractivity contribution >= 4 is 51.5 Å². The van der Waals surface area contributed by atoms with Crippen molar-refractivity contribution in [1.82, 2.24) is 10.0 Å². The fourth-order valence-corrected chi connectivity index (χ4v) is 10.7. The van der Waals surface area contributed by atoms with E-state index in [0.717, 1.165) is 91.1 Å². The molecule has 17 nitrogen and oxygen atoms in total. The van der Waals surface area contributed by atoms with Crippen molar-refractivity contribution in [3.8, 4) is 29.1 Å². The lowest BCUT2D eigenvalue weighted by atomic mass is 10.2. The average Bonchev–Trinajstić information content (AvgIpc) is 3.65. The zero-order chi connectivity index (χ0) is 47.4. The molecule has 2 unspecified atom stereocenters. The van der Waals surface area contributed by atoms with Crippen molar-refractivity contribution in [3.63, 3.8) is 0 Å². The zero-order valence-electron chi connectivity index (χ0n) is 36.8. The molecule has 1 aromatic heterocycles. The van der Waals surface area contributed by atoms with Gasteiger partial charge >= 0.3 is 6.09 Å². The molecule has 1 heterocycles. The summed E-state index contributed by atoms with van der Waals surface area (Å²) < 4.78 is 82.4. The topological polar surface area (TPSA) is 221 Å². The molecule has 1 amide bonds. The number of quaternary nitrogens is 1. The normalized spacial score (nSPS) is 12.8. The highest BCUT2D eigenvalue weighted by molar-refractivity contribution is 7.92. The van der Waals surface area contributed by atoms with Gasteiger partial charge in [-0.2, -0.15) is 10.1 Å². The first kappa shape index (κ1) is 51.2. The predicted molar refractivity (Wildman–Crippen MR) is 244 cm³/mol. The molecule has 0 aliphatic carbocycles. The van der Waals surface area contributed by atoms with Gasteiger partial charge in [0.25, 0.3) is 10.0 Å². The second-order valence-electron chi connectivity index (χ2n) is 14.8. The minimum Gasteiger partial charge on any atom is -0.768 e. The van der Waals surface area contributed by atoms with Crippen LogP contribution in [-0.4, -0.2) is 80.7 Å². The number of fused-ring (bicyclic) bond motifs is 1. The third-order valence-electron chi connectivity index (χ3n) is 9.95. The van der Waals surface area contributed by atoms with Crippen molar-refractivity contribution in [3.05, 3.63) is 113 Å². The number of halogens is 1. The van der Waals surface area contributed by atoms with Crippen LogP contribution in [-0.2, 0) is 42.3 Å². The second-order valence-corrected chi connectivity index (χ2v) is 19.5. The van der Waals surface area contributed by atoms with E-state index in [2.05, 4.69) is 15.0 Å². The van der Waals surface area contributed by atoms with Crippen LogP contribution in [0.1, 0.15) is 47.9 Å². The number of methoxy groups -OCH3 is 2. The molecule has 0 spiro atoms. The minimum absolute atomic E-state index is 0.0732. The Balaban J connectivity index is 1.08. The van der Waals surface area contributed by atoms with Crippen LogP contribution in [0.5, 0.6) is 23.0 Å². The van der Waals surface area contributed by atoms with Crippen molar-refractivity contribution in [2.45, 2.75) is 50.0 Å². The lowest BCUT2D eigenvalue weighted by Gasteiger charge is -2.24. The lowest BCUT2D eigenvalue weighted by molar-refractivity contribution is -0.900. The Kier molecular flexibility index (Phi) is 20.0. The van der Waals surface area contributed by atoms with Crippen LogP contribution in [0.3, 0.4) is 0 Å². The van der Waals surface area contributed by atoms with E-state index in [1.165, 1.54) is 11.3 Å². The largest absolute Gasteiger partial charge is 0.768 e. The molecule has 4 aromatic carbocycles. The van der Waals surface area contributed by atoms with Gasteiger partial charge in [0.15, 0.2) is 7.60 Å². The Hall–Kier alpha value is -5.78. The molecule has 0 bridgehead atoms. The molecule has 0 saturated heterocycles. The van der Waals surface area contributed by atoms with Gasteiger partial charge in [0.05, 0.1) is 52.3 Å². The molecule has 0 radical (unpaired) electrons. The Labute approximate surface area is 387 Å². The summed E-state index contributed by atoms with van der Waals surface area (Å²) in [5.41, 5.74) is 1.89. The van der Waals surface area contributed by atoms with Crippen LogP contribution in [0.2, 0.25) is 0 Å². The van der Waals surface area contributed by atoms with E-state index in [1.54, 1.807) is 45.4 Å². The van der Waals surface area contributed by atoms with Crippen molar-refractivity contribution in [1.29, 1.82) is 5.26 Å². The molecule has 2 atom stereocenters. The van der Waals surface area contributed by atoms with Gasteiger partial charge in [0.2, 0.25) is 6.40 Å². The highest BCUT2D eigenvalue weighted by Crippen LogP contribution is 2.40. The first-order valence-electron chi connectivity index (χ1n) is 20.9. The molecule has 3 N–H and O–H groups in total. The maximum Gasteiger partial charge on any atom is 0.407 e. The molecule has 0 fully saturated rings. The van der Waals surface area contributed by atoms with Crippen LogP contribution in [0.25, 0.3) is 10.1 Å². The number of benzene rings is 4. The molecule has 66 heavy (non-hydrogen) atoms. The number of hydrogen-bond acceptors (Lipinski definition) is 15. The summed E-state index contributed by atoms with van der Waals surface area (Å²) in [5, 5.41) is 12.3. The Morgan fingerprint density at radius 1 is 0.894 bits per heavy atom. The number of carbonyl (C=O) groups excluding carboxylic acids is 1. The number of nitriles is 1. The molecule has 5 rings (SSSR count). The third kappa shape index (κ3) is 16.6. The van der Waals surface area contributed by atoms with Gasteiger partial charge in [-0.05, 0) is 91.1 Å². The van der Waals surface area contributed by atoms with Crippen molar-refractivity contribution in [2.24, 2.45) is 4.99 Å². The van der Waals surface area contributed by atoms with E-state index in [1.807, 2.05) is 48.5 Å². The number of unbranched alkanes of at least 4 members (excludes halogenated alkanes) is 1. The Morgan fingerprint density at radius 2 is 1.55 bits per heavy atom. The monoisotopic (exact) mass is 969 g/mol. The first-order chi connectivity index (χ1) is 31.8. The third-order valence-corrected chi connectivity index (χ3v) is 14.5. The summed E-state index contributed by atoms with van der Waals surface area (Å²) in [6, 6.07) is 24.5. The molecule has 0 aliphatic rings. The quantitative estimate of drug-likeness (QED) is 0.0130. The van der Waals surface area contributed by atoms with Gasteiger partial charge in [-0.1, -0.05) is 24.3 Å². The average molecular weight is 970 g/mol. The highest BCUT2D eigenvalue weighted by Gasteiger charge is 2.25. The van der Waals surface area contributed by atoms with E-state index in [9.17, 15) is 27.1 Å². The number of sulfonamides is 1. The number of aliphatic imine (C=N–C) groups is 1. The van der Waals surface area contributed by atoms with Crippen LogP contribution in [0, 0.1) is 24.1 Å². The molecule has 0 aliphatic heterocycles. The van der Waals surface area contributed by atoms with Gasteiger partial charge in [0, 0.05) is 42.1 Å². The summed E-state index contributed by atoms with van der Waals surface area (Å²) in [7, 11) is -5.96. The summed E-state index contributed by atoms with van der Waals surface area (Å²) >= 11 is 0.978. The summed E-state index contributed by atoms with van der Waals surface area (Å²) in [6.07, 6.45) is 2.84. The standard InChI is InChI=1S/C45H53FN5O12PS2/c1-33-41-26-39(18-19-43(41)65-44(33)66(55,56)50-32-64(53,54)63-40-17-12-36(28-47)42(46)27-40)59-25-7-24-51(23-6-20-48-31-62-61-30-35-10-15-38(58-3)16-11-35)22-5-4-21-49-45(52)60-29-34-8-13-37(57-2)14-9-34/h8-19,26-27,31,50H,4-7,20-25,29-30,32H2,1-3H3,(H,49,52)(H,53,54). The number of aryl methyl sites for hydroxylation is 1. The Bertz CT molecular complexity index is 2570. The summed E-state index contributed by atoms with van der Waals surface area (Å²) in [4.78, 5) is 40.9. The minimum atomic E-state index is -4.86. The van der Waals surface area contributed by atoms with Crippen LogP contribution < -0.4 is 38.6 Å². The number of carbonyl (C=O) groups is 1. The van der Waals surface area contributed by atoms with Crippen LogP contribution in [0.15, 0.2) is 94.1 Å². The number of amides is 1. The van der Waals surface area contributed by atoms with E-state index >= 15 is 0 Å². The van der Waals surface area contributed by atoms with E-state index in [4.69, 9.17) is 38.5 Å². The van der Waals surface area contributed by atoms with Crippen molar-refractivity contribution < 1.29 is 65.2 Å². The van der Waals surface area contributed by atoms with E-state index < -0.39 is 41.6 Å². The number of nitrogens with one attached hydrogen (secondary N) is 3. The molecular formula is C45H53FN5O12PS2. The van der Waals surface area contributed by atoms with Gasteiger partial charge < -0.3 is 43.5 Å². The number of rotatable bonds is 28.